The number of aromatic nitrogens is 3. The Labute approximate surface area is 172 Å². The van der Waals surface area contributed by atoms with Crippen LogP contribution in [-0.4, -0.2) is 38.8 Å². The fourth-order valence-corrected chi connectivity index (χ4v) is 3.60. The van der Waals surface area contributed by atoms with E-state index in [9.17, 15) is 13.6 Å². The third-order valence-corrected chi connectivity index (χ3v) is 5.00. The van der Waals surface area contributed by atoms with Crippen LogP contribution in [0.25, 0.3) is 17.2 Å². The summed E-state index contributed by atoms with van der Waals surface area (Å²) in [6.45, 7) is 1.41. The van der Waals surface area contributed by atoms with E-state index in [-0.39, 0.29) is 12.6 Å². The molecule has 0 aliphatic carbocycles. The molecule has 0 atom stereocenters. The van der Waals surface area contributed by atoms with Crippen molar-refractivity contribution in [3.63, 3.8) is 0 Å². The highest BCUT2D eigenvalue weighted by Crippen LogP contribution is 2.27. The van der Waals surface area contributed by atoms with Crippen molar-refractivity contribution in [2.24, 2.45) is 7.05 Å². The van der Waals surface area contributed by atoms with Gasteiger partial charge in [-0.25, -0.2) is 8.78 Å². The molecule has 0 spiro atoms. The van der Waals surface area contributed by atoms with Crippen LogP contribution in [0.15, 0.2) is 49.1 Å². The minimum Gasteiger partial charge on any atom is -0.323 e. The lowest BCUT2D eigenvalue weighted by atomic mass is 10.0. The number of amides is 1. The summed E-state index contributed by atoms with van der Waals surface area (Å²) in [5.41, 5.74) is 4.31. The highest BCUT2D eigenvalue weighted by molar-refractivity contribution is 6.02. The van der Waals surface area contributed by atoms with Gasteiger partial charge < -0.3 is 5.32 Å². The molecule has 8 heteroatoms. The molecule has 0 radical (unpaired) electrons. The summed E-state index contributed by atoms with van der Waals surface area (Å²) in [7, 11) is 1.75. The van der Waals surface area contributed by atoms with Crippen molar-refractivity contribution in [1.82, 2.24) is 19.7 Å². The number of rotatable bonds is 6. The number of nitrogens with one attached hydrogen (secondary N) is 1. The molecule has 3 heterocycles. The van der Waals surface area contributed by atoms with Gasteiger partial charge in [0.2, 0.25) is 5.91 Å². The maximum Gasteiger partial charge on any atom is 0.248 e. The molecule has 0 bridgehead atoms. The Morgan fingerprint density at radius 2 is 2.07 bits per heavy atom. The first kappa shape index (κ1) is 19.9. The average molecular weight is 409 g/mol. The lowest BCUT2D eigenvalue weighted by Crippen LogP contribution is -2.18. The van der Waals surface area contributed by atoms with Gasteiger partial charge in [-0.1, -0.05) is 6.07 Å². The quantitative estimate of drug-likeness (QED) is 0.633. The third kappa shape index (κ3) is 4.28. The van der Waals surface area contributed by atoms with Crippen molar-refractivity contribution < 1.29 is 13.6 Å². The lowest BCUT2D eigenvalue weighted by Gasteiger charge is -2.10. The number of fused-ring (bicyclic) bond motifs is 1. The molecule has 1 aliphatic heterocycles. The molecule has 0 saturated carbocycles. The van der Waals surface area contributed by atoms with Crippen LogP contribution in [0, 0.1) is 5.82 Å². The number of hydrogen-bond acceptors (Lipinski definition) is 4. The van der Waals surface area contributed by atoms with Crippen molar-refractivity contribution in [2.75, 3.05) is 18.5 Å². The van der Waals surface area contributed by atoms with E-state index in [1.165, 1.54) is 18.3 Å². The Balaban J connectivity index is 1.48. The minimum atomic E-state index is -0.484. The zero-order valence-electron chi connectivity index (χ0n) is 16.5. The van der Waals surface area contributed by atoms with Gasteiger partial charge in [-0.3, -0.25) is 19.4 Å². The van der Waals surface area contributed by atoms with Crippen molar-refractivity contribution >= 4 is 17.7 Å². The number of pyridine rings is 1. The first-order valence-electron chi connectivity index (χ1n) is 9.55. The molecule has 4 rings (SSSR count). The van der Waals surface area contributed by atoms with E-state index in [4.69, 9.17) is 0 Å². The second kappa shape index (κ2) is 8.54. The number of halogens is 2. The van der Waals surface area contributed by atoms with Gasteiger partial charge in [0.1, 0.15) is 12.5 Å². The summed E-state index contributed by atoms with van der Waals surface area (Å²) in [6.07, 6.45) is 8.78. The van der Waals surface area contributed by atoms with Crippen LogP contribution in [0.5, 0.6) is 0 Å². The Morgan fingerprint density at radius 3 is 2.83 bits per heavy atom. The summed E-state index contributed by atoms with van der Waals surface area (Å²) >= 11 is 0. The van der Waals surface area contributed by atoms with Crippen LogP contribution < -0.4 is 5.32 Å². The fourth-order valence-electron chi connectivity index (χ4n) is 3.60. The topological polar surface area (TPSA) is 63.1 Å². The monoisotopic (exact) mass is 409 g/mol. The molecule has 0 unspecified atom stereocenters. The molecular formula is C22H21F2N5O. The van der Waals surface area contributed by atoms with E-state index >= 15 is 0 Å². The zero-order chi connectivity index (χ0) is 21.1. The maximum atomic E-state index is 14.4. The number of carbonyl (C=O) groups is 1. The number of carbonyl (C=O) groups excluding carboxylic acids is 1. The minimum absolute atomic E-state index is 0.338. The van der Waals surface area contributed by atoms with E-state index < -0.39 is 5.82 Å². The number of anilines is 1. The van der Waals surface area contributed by atoms with Crippen LogP contribution in [-0.2, 0) is 24.9 Å². The van der Waals surface area contributed by atoms with E-state index in [2.05, 4.69) is 15.4 Å². The lowest BCUT2D eigenvalue weighted by molar-refractivity contribution is -0.111. The van der Waals surface area contributed by atoms with Crippen molar-refractivity contribution in [3.8, 4) is 11.1 Å². The maximum absolute atomic E-state index is 14.4. The molecule has 1 aliphatic rings. The number of hydrogen-bond donors (Lipinski definition) is 1. The Morgan fingerprint density at radius 1 is 1.23 bits per heavy atom. The first-order valence-corrected chi connectivity index (χ1v) is 9.55. The molecule has 6 nitrogen and oxygen atoms in total. The van der Waals surface area contributed by atoms with Crippen LogP contribution in [0.1, 0.15) is 16.7 Å². The van der Waals surface area contributed by atoms with E-state index in [1.807, 2.05) is 23.1 Å². The summed E-state index contributed by atoms with van der Waals surface area (Å²) < 4.78 is 28.5. The summed E-state index contributed by atoms with van der Waals surface area (Å²) in [5, 5.41) is 6.89. The van der Waals surface area contributed by atoms with Gasteiger partial charge in [-0.15, -0.1) is 0 Å². The second-order valence-electron chi connectivity index (χ2n) is 7.19. The third-order valence-electron chi connectivity index (χ3n) is 5.00. The van der Waals surface area contributed by atoms with Gasteiger partial charge in [0.05, 0.1) is 12.4 Å². The Hall–Kier alpha value is -3.39. The number of nitrogens with zero attached hydrogens (tertiary/aromatic N) is 4. The van der Waals surface area contributed by atoms with Gasteiger partial charge in [0.25, 0.3) is 0 Å². The van der Waals surface area contributed by atoms with Crippen LogP contribution >= 0.6 is 0 Å². The molecule has 30 heavy (non-hydrogen) atoms. The molecule has 1 amide bonds. The van der Waals surface area contributed by atoms with Crippen LogP contribution in [0.4, 0.5) is 14.5 Å². The molecule has 0 fully saturated rings. The molecule has 3 aromatic rings. The average Bonchev–Trinajstić information content (AvgIpc) is 3.32. The highest BCUT2D eigenvalue weighted by atomic mass is 19.1. The highest BCUT2D eigenvalue weighted by Gasteiger charge is 2.19. The standard InChI is InChI=1S/C22H21F2N5O/c1-28-12-18(10-26-28)22-15(9-25-11-20(22)24)3-5-21(30)27-19-4-2-16-13-29(7-6-23)14-17(16)8-19/h2-5,8-12H,6-7,13-14H2,1H3,(H,27,30)/b5-3+. The summed E-state index contributed by atoms with van der Waals surface area (Å²) in [5.74, 6) is -0.822. The van der Waals surface area contributed by atoms with Gasteiger partial charge in [-0.05, 0) is 29.3 Å². The second-order valence-corrected chi connectivity index (χ2v) is 7.19. The molecule has 1 aromatic carbocycles. The number of alkyl halides is 1. The number of aryl methyl sites for hydroxylation is 1. The van der Waals surface area contributed by atoms with E-state index in [0.717, 1.165) is 23.9 Å². The molecule has 154 valence electrons. The Bertz CT molecular complexity index is 1110. The fraction of sp³-hybridized carbons (Fsp3) is 0.227. The molecular weight excluding hydrogens is 388 g/mol. The first-order chi connectivity index (χ1) is 14.5. The largest absolute Gasteiger partial charge is 0.323 e. The SMILES string of the molecule is Cn1cc(-c2c(F)cncc2/C=C/C(=O)Nc2ccc3c(c2)CN(CCF)C3)cn1. The molecule has 0 saturated heterocycles. The predicted molar refractivity (Wildman–Crippen MR) is 111 cm³/mol. The smallest absolute Gasteiger partial charge is 0.248 e. The van der Waals surface area contributed by atoms with E-state index in [1.54, 1.807) is 24.1 Å². The summed E-state index contributed by atoms with van der Waals surface area (Å²) in [6, 6.07) is 5.68. The molecule has 2 aromatic heterocycles. The Kier molecular flexibility index (Phi) is 5.67. The normalized spacial score (nSPS) is 13.7. The van der Waals surface area contributed by atoms with Gasteiger partial charge in [0, 0.05) is 67.5 Å². The van der Waals surface area contributed by atoms with Crippen LogP contribution in [0.2, 0.25) is 0 Å². The molecule has 1 N–H and O–H groups in total. The predicted octanol–water partition coefficient (Wildman–Crippen LogP) is 3.56. The number of benzene rings is 1. The van der Waals surface area contributed by atoms with Gasteiger partial charge >= 0.3 is 0 Å². The van der Waals surface area contributed by atoms with Crippen molar-refractivity contribution in [1.29, 1.82) is 0 Å². The van der Waals surface area contributed by atoms with Crippen LogP contribution in [0.3, 0.4) is 0 Å². The van der Waals surface area contributed by atoms with E-state index in [0.29, 0.717) is 35.5 Å². The van der Waals surface area contributed by atoms with Gasteiger partial charge in [-0.2, -0.15) is 5.10 Å². The zero-order valence-corrected chi connectivity index (χ0v) is 16.5. The van der Waals surface area contributed by atoms with Crippen molar-refractivity contribution in [3.05, 3.63) is 71.6 Å². The van der Waals surface area contributed by atoms with Crippen molar-refractivity contribution in [2.45, 2.75) is 13.1 Å². The summed E-state index contributed by atoms with van der Waals surface area (Å²) in [4.78, 5) is 18.3. The van der Waals surface area contributed by atoms with Gasteiger partial charge in [0.15, 0.2) is 0 Å².